The Morgan fingerprint density at radius 2 is 1.79 bits per heavy atom. The molecular weight excluding hydrogens is 388 g/mol. The molecule has 1 saturated heterocycles. The fourth-order valence-electron chi connectivity index (χ4n) is 5.55. The molecule has 1 aliphatic heterocycles. The Bertz CT molecular complexity index is 864. The Hall–Kier alpha value is -1.60. The number of likely N-dealkylation sites (tertiary alicyclic amines) is 1. The highest BCUT2D eigenvalue weighted by atomic mass is 32.2. The van der Waals surface area contributed by atoms with E-state index in [1.54, 1.807) is 12.1 Å². The molecule has 0 spiro atoms. The molecule has 160 valence electrons. The van der Waals surface area contributed by atoms with Gasteiger partial charge < -0.3 is 9.64 Å². The number of methoxy groups -OCH3 is 1. The summed E-state index contributed by atoms with van der Waals surface area (Å²) in [5.74, 6) is 0.789. The van der Waals surface area contributed by atoms with E-state index < -0.39 is 10.0 Å². The van der Waals surface area contributed by atoms with E-state index in [1.807, 2.05) is 4.90 Å². The predicted molar refractivity (Wildman–Crippen MR) is 112 cm³/mol. The average Bonchev–Trinajstić information content (AvgIpc) is 3.33. The molecule has 6 nitrogen and oxygen atoms in total. The van der Waals surface area contributed by atoms with Gasteiger partial charge in [-0.2, -0.15) is 0 Å². The van der Waals surface area contributed by atoms with E-state index in [0.717, 1.165) is 44.9 Å². The van der Waals surface area contributed by atoms with Gasteiger partial charge in [0.2, 0.25) is 10.0 Å². The van der Waals surface area contributed by atoms with E-state index in [-0.39, 0.29) is 34.7 Å². The lowest BCUT2D eigenvalue weighted by molar-refractivity contribution is 0.0633. The number of nitrogens with one attached hydrogen (secondary N) is 1. The number of fused-ring (bicyclic) bond motifs is 1. The molecule has 1 amide bonds. The molecule has 0 radical (unpaired) electrons. The lowest BCUT2D eigenvalue weighted by Gasteiger charge is -2.33. The van der Waals surface area contributed by atoms with Crippen molar-refractivity contribution in [1.29, 1.82) is 0 Å². The minimum atomic E-state index is -3.75. The summed E-state index contributed by atoms with van der Waals surface area (Å²) in [6.45, 7) is 2.11. The summed E-state index contributed by atoms with van der Waals surface area (Å²) in [5.41, 5.74) is 0.427. The number of carbonyl (C=O) groups is 1. The van der Waals surface area contributed by atoms with Crippen LogP contribution in [0.1, 0.15) is 75.1 Å². The maximum Gasteiger partial charge on any atom is 0.254 e. The zero-order valence-corrected chi connectivity index (χ0v) is 18.2. The van der Waals surface area contributed by atoms with Crippen molar-refractivity contribution < 1.29 is 17.9 Å². The lowest BCUT2D eigenvalue weighted by Crippen LogP contribution is -2.42. The maximum absolute atomic E-state index is 13.4. The molecule has 0 bridgehead atoms. The average molecular weight is 421 g/mol. The minimum absolute atomic E-state index is 0.0364. The number of rotatable bonds is 5. The summed E-state index contributed by atoms with van der Waals surface area (Å²) in [6.07, 6.45) is 9.47. The van der Waals surface area contributed by atoms with Gasteiger partial charge in [0.05, 0.1) is 7.11 Å². The second-order valence-corrected chi connectivity index (χ2v) is 10.6. The molecule has 1 aromatic carbocycles. The molecule has 29 heavy (non-hydrogen) atoms. The second kappa shape index (κ2) is 8.26. The van der Waals surface area contributed by atoms with Gasteiger partial charge in [-0.15, -0.1) is 0 Å². The van der Waals surface area contributed by atoms with Gasteiger partial charge in [0, 0.05) is 23.7 Å². The normalized spacial score (nSPS) is 27.8. The summed E-state index contributed by atoms with van der Waals surface area (Å²) in [4.78, 5) is 15.5. The zero-order chi connectivity index (χ0) is 20.6. The first-order chi connectivity index (χ1) is 13.9. The molecule has 1 heterocycles. The highest BCUT2D eigenvalue weighted by Gasteiger charge is 2.43. The van der Waals surface area contributed by atoms with Gasteiger partial charge in [0.25, 0.3) is 5.91 Å². The summed E-state index contributed by atoms with van der Waals surface area (Å²) in [7, 11) is -2.29. The van der Waals surface area contributed by atoms with Crippen LogP contribution in [0.3, 0.4) is 0 Å². The summed E-state index contributed by atoms with van der Waals surface area (Å²) < 4.78 is 34.2. The Kier molecular flexibility index (Phi) is 5.89. The van der Waals surface area contributed by atoms with Crippen molar-refractivity contribution in [1.82, 2.24) is 9.62 Å². The van der Waals surface area contributed by atoms with Crippen molar-refractivity contribution in [3.8, 4) is 5.75 Å². The third-order valence-electron chi connectivity index (χ3n) is 6.96. The molecule has 1 aromatic rings. The predicted octanol–water partition coefficient (Wildman–Crippen LogP) is 3.71. The monoisotopic (exact) mass is 420 g/mol. The number of ether oxygens (including phenoxy) is 1. The van der Waals surface area contributed by atoms with Crippen LogP contribution in [0, 0.1) is 5.92 Å². The van der Waals surface area contributed by atoms with E-state index in [0.29, 0.717) is 11.5 Å². The first-order valence-corrected chi connectivity index (χ1v) is 12.4. The third kappa shape index (κ3) is 4.04. The first-order valence-electron chi connectivity index (χ1n) is 10.9. The number of nitrogens with zero attached hydrogens (tertiary/aromatic N) is 1. The molecule has 1 N–H and O–H groups in total. The first kappa shape index (κ1) is 20.7. The molecule has 3 unspecified atom stereocenters. The smallest absolute Gasteiger partial charge is 0.254 e. The van der Waals surface area contributed by atoms with E-state index in [1.165, 1.54) is 26.0 Å². The van der Waals surface area contributed by atoms with Crippen molar-refractivity contribution in [2.75, 3.05) is 7.11 Å². The molecule has 2 aliphatic carbocycles. The third-order valence-corrected chi connectivity index (χ3v) is 8.50. The van der Waals surface area contributed by atoms with Gasteiger partial charge in [-0.05, 0) is 63.1 Å². The van der Waals surface area contributed by atoms with Crippen LogP contribution in [0.15, 0.2) is 23.1 Å². The van der Waals surface area contributed by atoms with Gasteiger partial charge in [-0.1, -0.05) is 25.7 Å². The number of sulfonamides is 1. The molecular formula is C22H32N2O4S. The maximum atomic E-state index is 13.4. The zero-order valence-electron chi connectivity index (χ0n) is 17.4. The molecule has 7 heteroatoms. The van der Waals surface area contributed by atoms with Gasteiger partial charge in [-0.3, -0.25) is 4.79 Å². The summed E-state index contributed by atoms with van der Waals surface area (Å²) in [5, 5.41) is 0. The van der Waals surface area contributed by atoms with Crippen molar-refractivity contribution >= 4 is 15.9 Å². The van der Waals surface area contributed by atoms with Crippen molar-refractivity contribution in [3.63, 3.8) is 0 Å². The van der Waals surface area contributed by atoms with E-state index in [2.05, 4.69) is 11.6 Å². The van der Waals surface area contributed by atoms with Crippen LogP contribution >= 0.6 is 0 Å². The largest absolute Gasteiger partial charge is 0.495 e. The quantitative estimate of drug-likeness (QED) is 0.788. The fourth-order valence-corrected chi connectivity index (χ4v) is 7.05. The van der Waals surface area contributed by atoms with Crippen LogP contribution in [0.4, 0.5) is 0 Å². The second-order valence-electron chi connectivity index (χ2n) is 8.88. The van der Waals surface area contributed by atoms with Crippen LogP contribution in [0.5, 0.6) is 5.75 Å². The Labute approximate surface area is 174 Å². The molecule has 3 atom stereocenters. The van der Waals surface area contributed by atoms with Gasteiger partial charge in [0.15, 0.2) is 0 Å². The number of hydrogen-bond donors (Lipinski definition) is 1. The number of carbonyl (C=O) groups excluding carboxylic acids is 1. The van der Waals surface area contributed by atoms with E-state index in [9.17, 15) is 13.2 Å². The Morgan fingerprint density at radius 1 is 1.10 bits per heavy atom. The minimum Gasteiger partial charge on any atom is -0.495 e. The number of hydrogen-bond acceptors (Lipinski definition) is 4. The van der Waals surface area contributed by atoms with Crippen molar-refractivity contribution in [2.24, 2.45) is 5.92 Å². The Morgan fingerprint density at radius 3 is 2.52 bits per heavy atom. The van der Waals surface area contributed by atoms with Crippen molar-refractivity contribution in [3.05, 3.63) is 23.8 Å². The van der Waals surface area contributed by atoms with Gasteiger partial charge >= 0.3 is 0 Å². The number of amides is 1. The topological polar surface area (TPSA) is 75.7 Å². The van der Waals surface area contributed by atoms with Crippen LogP contribution in [-0.4, -0.2) is 44.5 Å². The van der Waals surface area contributed by atoms with E-state index >= 15 is 0 Å². The molecule has 3 fully saturated rings. The van der Waals surface area contributed by atoms with Crippen LogP contribution < -0.4 is 9.46 Å². The summed E-state index contributed by atoms with van der Waals surface area (Å²) >= 11 is 0. The van der Waals surface area contributed by atoms with Gasteiger partial charge in [-0.25, -0.2) is 13.1 Å². The Balaban J connectivity index is 1.63. The molecule has 4 rings (SSSR count). The van der Waals surface area contributed by atoms with E-state index in [4.69, 9.17) is 4.74 Å². The lowest BCUT2D eigenvalue weighted by atomic mass is 9.85. The molecule has 0 aromatic heterocycles. The highest BCUT2D eigenvalue weighted by molar-refractivity contribution is 7.89. The molecule has 3 aliphatic rings. The highest BCUT2D eigenvalue weighted by Crippen LogP contribution is 2.40. The molecule has 2 saturated carbocycles. The van der Waals surface area contributed by atoms with Crippen LogP contribution in [-0.2, 0) is 10.0 Å². The standard InChI is InChI=1S/C22H32N2O4S/c1-15-13-16-7-3-6-10-19(16)24(15)22(25)17-11-12-20(28-2)21(14-17)29(26,27)23-18-8-4-5-9-18/h11-12,14-16,18-19,23H,3-10,13H2,1-2H3. The van der Waals surface area contributed by atoms with Crippen molar-refractivity contribution in [2.45, 2.75) is 87.7 Å². The fraction of sp³-hybridized carbons (Fsp3) is 0.682. The van der Waals surface area contributed by atoms with Crippen LogP contribution in [0.25, 0.3) is 0 Å². The van der Waals surface area contributed by atoms with Crippen LogP contribution in [0.2, 0.25) is 0 Å². The summed E-state index contributed by atoms with van der Waals surface area (Å²) in [6, 6.07) is 5.24. The number of benzene rings is 1. The van der Waals surface area contributed by atoms with Gasteiger partial charge in [0.1, 0.15) is 10.6 Å². The SMILES string of the molecule is COc1ccc(C(=O)N2C(C)CC3CCCCC32)cc1S(=O)(=O)NC1CCCC1.